The number of rotatable bonds is 6. The Kier molecular flexibility index (Phi) is 5.85. The molecule has 0 bridgehead atoms. The van der Waals surface area contributed by atoms with Crippen molar-refractivity contribution in [3.63, 3.8) is 0 Å². The van der Waals surface area contributed by atoms with Gasteiger partial charge in [0.15, 0.2) is 0 Å². The molecule has 1 unspecified atom stereocenters. The summed E-state index contributed by atoms with van der Waals surface area (Å²) >= 11 is 1.57. The Bertz CT molecular complexity index is 918. The van der Waals surface area contributed by atoms with Gasteiger partial charge >= 0.3 is 5.97 Å². The number of ether oxygens (including phenoxy) is 2. The first kappa shape index (κ1) is 18.4. The van der Waals surface area contributed by atoms with Gasteiger partial charge < -0.3 is 9.47 Å². The number of hydrogen-bond donors (Lipinski definition) is 0. The van der Waals surface area contributed by atoms with Crippen molar-refractivity contribution in [2.75, 3.05) is 14.2 Å². The fourth-order valence-electron chi connectivity index (χ4n) is 2.72. The lowest BCUT2D eigenvalue weighted by atomic mass is 9.99. The van der Waals surface area contributed by atoms with Crippen LogP contribution in [0.4, 0.5) is 0 Å². The zero-order valence-corrected chi connectivity index (χ0v) is 16.1. The van der Waals surface area contributed by atoms with Crippen LogP contribution in [-0.2, 0) is 21.3 Å². The SMILES string of the molecule is COC(=O)c1c(CS(=O)c2ccccc2)ccc(-c2ccsc2)c1OC. The third-order valence-corrected chi connectivity index (χ3v) is 6.02. The van der Waals surface area contributed by atoms with Crippen LogP contribution in [0.15, 0.2) is 64.2 Å². The smallest absolute Gasteiger partial charge is 0.341 e. The Labute approximate surface area is 158 Å². The molecule has 0 aliphatic rings. The van der Waals surface area contributed by atoms with Gasteiger partial charge in [0, 0.05) is 10.5 Å². The second-order valence-electron chi connectivity index (χ2n) is 5.49. The third-order valence-electron chi connectivity index (χ3n) is 3.96. The highest BCUT2D eigenvalue weighted by Crippen LogP contribution is 2.37. The van der Waals surface area contributed by atoms with Gasteiger partial charge in [-0.2, -0.15) is 11.3 Å². The highest BCUT2D eigenvalue weighted by Gasteiger charge is 2.23. The monoisotopic (exact) mass is 386 g/mol. The normalized spacial score (nSPS) is 11.8. The van der Waals surface area contributed by atoms with Gasteiger partial charge in [-0.05, 0) is 40.1 Å². The molecule has 134 valence electrons. The Balaban J connectivity index is 2.07. The second-order valence-corrected chi connectivity index (χ2v) is 7.72. The lowest BCUT2D eigenvalue weighted by molar-refractivity contribution is 0.0596. The second kappa shape index (κ2) is 8.29. The van der Waals surface area contributed by atoms with Gasteiger partial charge in [-0.3, -0.25) is 4.21 Å². The van der Waals surface area contributed by atoms with Crippen LogP contribution >= 0.6 is 11.3 Å². The molecule has 2 aromatic carbocycles. The first-order valence-electron chi connectivity index (χ1n) is 7.90. The van der Waals surface area contributed by atoms with E-state index in [0.29, 0.717) is 21.8 Å². The van der Waals surface area contributed by atoms with Crippen molar-refractivity contribution < 1.29 is 18.5 Å². The van der Waals surface area contributed by atoms with Crippen LogP contribution in [0, 0.1) is 0 Å². The Hall–Kier alpha value is -2.44. The van der Waals surface area contributed by atoms with Gasteiger partial charge in [0.1, 0.15) is 11.3 Å². The molecular weight excluding hydrogens is 368 g/mol. The lowest BCUT2D eigenvalue weighted by Gasteiger charge is -2.16. The molecule has 0 aliphatic heterocycles. The fourth-order valence-corrected chi connectivity index (χ4v) is 4.53. The van der Waals surface area contributed by atoms with E-state index in [1.165, 1.54) is 14.2 Å². The van der Waals surface area contributed by atoms with E-state index in [1.54, 1.807) is 11.3 Å². The first-order valence-corrected chi connectivity index (χ1v) is 10.2. The fraction of sp³-hybridized carbons (Fsp3) is 0.150. The predicted octanol–water partition coefficient (Wildman–Crippen LogP) is 4.52. The van der Waals surface area contributed by atoms with Crippen molar-refractivity contribution in [3.8, 4) is 16.9 Å². The van der Waals surface area contributed by atoms with E-state index in [4.69, 9.17) is 9.47 Å². The third kappa shape index (κ3) is 3.71. The highest BCUT2D eigenvalue weighted by molar-refractivity contribution is 7.84. The van der Waals surface area contributed by atoms with Crippen molar-refractivity contribution in [2.24, 2.45) is 0 Å². The van der Waals surface area contributed by atoms with Crippen LogP contribution in [0.3, 0.4) is 0 Å². The zero-order valence-electron chi connectivity index (χ0n) is 14.4. The number of benzene rings is 2. The van der Waals surface area contributed by atoms with Gasteiger partial charge in [-0.25, -0.2) is 4.79 Å². The minimum Gasteiger partial charge on any atom is -0.495 e. The maximum atomic E-state index is 12.7. The summed E-state index contributed by atoms with van der Waals surface area (Å²) in [6, 6.07) is 14.9. The zero-order chi connectivity index (χ0) is 18.5. The minimum absolute atomic E-state index is 0.203. The van der Waals surface area contributed by atoms with Crippen LogP contribution in [-0.4, -0.2) is 24.4 Å². The van der Waals surface area contributed by atoms with Crippen LogP contribution in [0.25, 0.3) is 11.1 Å². The number of esters is 1. The van der Waals surface area contributed by atoms with E-state index in [0.717, 1.165) is 11.1 Å². The van der Waals surface area contributed by atoms with Crippen molar-refractivity contribution in [3.05, 3.63) is 70.4 Å². The first-order chi connectivity index (χ1) is 12.7. The molecule has 3 aromatic rings. The van der Waals surface area contributed by atoms with E-state index in [9.17, 15) is 9.00 Å². The molecule has 3 rings (SSSR count). The summed E-state index contributed by atoms with van der Waals surface area (Å²) in [5, 5.41) is 3.95. The summed E-state index contributed by atoms with van der Waals surface area (Å²) in [6.45, 7) is 0. The summed E-state index contributed by atoms with van der Waals surface area (Å²) in [7, 11) is 1.58. The highest BCUT2D eigenvalue weighted by atomic mass is 32.2. The van der Waals surface area contributed by atoms with Crippen molar-refractivity contribution in [1.82, 2.24) is 0 Å². The maximum absolute atomic E-state index is 12.7. The predicted molar refractivity (Wildman–Crippen MR) is 104 cm³/mol. The molecule has 0 saturated carbocycles. The van der Waals surface area contributed by atoms with Crippen LogP contribution in [0.1, 0.15) is 15.9 Å². The van der Waals surface area contributed by atoms with Crippen LogP contribution < -0.4 is 4.74 Å². The Morgan fingerprint density at radius 1 is 1.08 bits per heavy atom. The molecule has 0 spiro atoms. The maximum Gasteiger partial charge on any atom is 0.341 e. The average molecular weight is 386 g/mol. The van der Waals surface area contributed by atoms with E-state index in [2.05, 4.69) is 0 Å². The summed E-state index contributed by atoms with van der Waals surface area (Å²) < 4.78 is 23.2. The summed E-state index contributed by atoms with van der Waals surface area (Å²) in [6.07, 6.45) is 0. The molecule has 0 radical (unpaired) electrons. The minimum atomic E-state index is -1.28. The van der Waals surface area contributed by atoms with E-state index < -0.39 is 16.8 Å². The van der Waals surface area contributed by atoms with E-state index in [1.807, 2.05) is 59.3 Å². The molecule has 1 aromatic heterocycles. The molecular formula is C20H18O4S2. The summed E-state index contributed by atoms with van der Waals surface area (Å²) in [4.78, 5) is 13.2. The number of carbonyl (C=O) groups excluding carboxylic acids is 1. The molecule has 1 atom stereocenters. The van der Waals surface area contributed by atoms with E-state index in [-0.39, 0.29) is 5.75 Å². The van der Waals surface area contributed by atoms with Crippen molar-refractivity contribution >= 4 is 28.1 Å². The molecule has 26 heavy (non-hydrogen) atoms. The number of methoxy groups -OCH3 is 2. The van der Waals surface area contributed by atoms with Gasteiger partial charge in [0.25, 0.3) is 0 Å². The molecule has 0 N–H and O–H groups in total. The van der Waals surface area contributed by atoms with Gasteiger partial charge in [-0.15, -0.1) is 0 Å². The molecule has 0 aliphatic carbocycles. The van der Waals surface area contributed by atoms with Crippen LogP contribution in [0.2, 0.25) is 0 Å². The van der Waals surface area contributed by atoms with Crippen molar-refractivity contribution in [2.45, 2.75) is 10.6 Å². The molecule has 1 heterocycles. The lowest BCUT2D eigenvalue weighted by Crippen LogP contribution is -2.11. The topological polar surface area (TPSA) is 52.6 Å². The van der Waals surface area contributed by atoms with Crippen LogP contribution in [0.5, 0.6) is 5.75 Å². The summed E-state index contributed by atoms with van der Waals surface area (Å²) in [5.41, 5.74) is 2.73. The standard InChI is InChI=1S/C20H18O4S2/c1-23-19-17(14-10-11-25-12-14)9-8-15(18(19)20(21)24-2)13-26(22)16-6-4-3-5-7-16/h3-12H,13H2,1-2H3. The molecule has 6 heteroatoms. The average Bonchev–Trinajstić information content (AvgIpc) is 3.22. The number of carbonyl (C=O) groups is 1. The largest absolute Gasteiger partial charge is 0.495 e. The molecule has 0 amide bonds. The Morgan fingerprint density at radius 3 is 2.46 bits per heavy atom. The van der Waals surface area contributed by atoms with Gasteiger partial charge in [0.2, 0.25) is 0 Å². The number of hydrogen-bond acceptors (Lipinski definition) is 5. The van der Waals surface area contributed by atoms with Crippen molar-refractivity contribution in [1.29, 1.82) is 0 Å². The van der Waals surface area contributed by atoms with Gasteiger partial charge in [-0.1, -0.05) is 30.3 Å². The Morgan fingerprint density at radius 2 is 1.85 bits per heavy atom. The van der Waals surface area contributed by atoms with Gasteiger partial charge in [0.05, 0.1) is 30.8 Å². The quantitative estimate of drug-likeness (QED) is 0.585. The molecule has 0 saturated heterocycles. The molecule has 0 fully saturated rings. The summed E-state index contributed by atoms with van der Waals surface area (Å²) in [5.74, 6) is 0.145. The van der Waals surface area contributed by atoms with E-state index >= 15 is 0 Å². The molecule has 4 nitrogen and oxygen atoms in total. The number of thiophene rings is 1.